The Morgan fingerprint density at radius 1 is 1.40 bits per heavy atom. The first kappa shape index (κ1) is 15.3. The maximum Gasteiger partial charge on any atom is 0.126 e. The SMILES string of the molecule is CCC1CN(c2cc(C)c(F)cc2[C@H](C)O)CCN1C. The quantitative estimate of drug-likeness (QED) is 0.922. The van der Waals surface area contributed by atoms with Gasteiger partial charge in [0, 0.05) is 36.9 Å². The second-order valence-corrected chi connectivity index (χ2v) is 5.82. The normalized spacial score (nSPS) is 22.1. The van der Waals surface area contributed by atoms with Crippen molar-refractivity contribution in [2.24, 2.45) is 0 Å². The first-order chi connectivity index (χ1) is 9.43. The Kier molecular flexibility index (Phi) is 4.66. The molecular formula is C16H25FN2O. The highest BCUT2D eigenvalue weighted by molar-refractivity contribution is 5.57. The molecule has 0 aromatic heterocycles. The lowest BCUT2D eigenvalue weighted by Gasteiger charge is -2.41. The first-order valence-electron chi connectivity index (χ1n) is 7.37. The molecule has 1 aromatic carbocycles. The molecule has 1 aliphatic heterocycles. The summed E-state index contributed by atoms with van der Waals surface area (Å²) >= 11 is 0. The number of aliphatic hydroxyl groups is 1. The van der Waals surface area contributed by atoms with Crippen LogP contribution in [0.1, 0.15) is 37.5 Å². The van der Waals surface area contributed by atoms with Crippen LogP contribution >= 0.6 is 0 Å². The maximum atomic E-state index is 13.8. The Labute approximate surface area is 121 Å². The van der Waals surface area contributed by atoms with E-state index in [0.717, 1.165) is 31.7 Å². The van der Waals surface area contributed by atoms with Crippen molar-refractivity contribution >= 4 is 5.69 Å². The van der Waals surface area contributed by atoms with Crippen LogP contribution in [0.3, 0.4) is 0 Å². The zero-order chi connectivity index (χ0) is 14.9. The summed E-state index contributed by atoms with van der Waals surface area (Å²) < 4.78 is 13.8. The molecule has 1 aromatic rings. The van der Waals surface area contributed by atoms with Crippen LogP contribution in [0.4, 0.5) is 10.1 Å². The third-order valence-electron chi connectivity index (χ3n) is 4.35. The number of likely N-dealkylation sites (N-methyl/N-ethyl adjacent to an activating group) is 1. The molecule has 0 bridgehead atoms. The van der Waals surface area contributed by atoms with Crippen molar-refractivity contribution in [3.8, 4) is 0 Å². The van der Waals surface area contributed by atoms with Gasteiger partial charge in [-0.25, -0.2) is 4.39 Å². The number of piperazine rings is 1. The molecule has 1 unspecified atom stereocenters. The molecule has 0 aliphatic carbocycles. The molecule has 1 heterocycles. The van der Waals surface area contributed by atoms with Gasteiger partial charge < -0.3 is 10.0 Å². The number of aryl methyl sites for hydroxylation is 1. The molecule has 4 heteroatoms. The van der Waals surface area contributed by atoms with E-state index in [1.54, 1.807) is 13.8 Å². The molecule has 0 amide bonds. The molecule has 1 N–H and O–H groups in total. The molecule has 1 aliphatic rings. The number of aliphatic hydroxyl groups excluding tert-OH is 1. The lowest BCUT2D eigenvalue weighted by molar-refractivity contribution is 0.195. The van der Waals surface area contributed by atoms with Crippen molar-refractivity contribution in [3.63, 3.8) is 0 Å². The fourth-order valence-electron chi connectivity index (χ4n) is 2.90. The number of halogens is 1. The van der Waals surface area contributed by atoms with Gasteiger partial charge >= 0.3 is 0 Å². The highest BCUT2D eigenvalue weighted by atomic mass is 19.1. The second kappa shape index (κ2) is 6.10. The van der Waals surface area contributed by atoms with Crippen molar-refractivity contribution in [1.29, 1.82) is 0 Å². The van der Waals surface area contributed by atoms with E-state index in [0.29, 0.717) is 17.2 Å². The Balaban J connectivity index is 2.34. The van der Waals surface area contributed by atoms with Crippen LogP contribution in [0.25, 0.3) is 0 Å². The molecule has 0 radical (unpaired) electrons. The molecule has 2 rings (SSSR count). The van der Waals surface area contributed by atoms with Crippen LogP contribution in [0, 0.1) is 12.7 Å². The summed E-state index contributed by atoms with van der Waals surface area (Å²) in [4.78, 5) is 4.65. The van der Waals surface area contributed by atoms with Crippen LogP contribution in [0.5, 0.6) is 0 Å². The predicted octanol–water partition coefficient (Wildman–Crippen LogP) is 2.72. The fourth-order valence-corrected chi connectivity index (χ4v) is 2.90. The third kappa shape index (κ3) is 2.96. The van der Waals surface area contributed by atoms with Crippen LogP contribution in [0.15, 0.2) is 12.1 Å². The Morgan fingerprint density at radius 2 is 2.10 bits per heavy atom. The molecule has 20 heavy (non-hydrogen) atoms. The van der Waals surface area contributed by atoms with E-state index in [1.807, 2.05) is 6.07 Å². The van der Waals surface area contributed by atoms with Gasteiger partial charge in [0.1, 0.15) is 5.82 Å². The van der Waals surface area contributed by atoms with Gasteiger partial charge in [-0.1, -0.05) is 6.92 Å². The van der Waals surface area contributed by atoms with Crippen LogP contribution in [-0.2, 0) is 0 Å². The molecule has 1 fully saturated rings. The van der Waals surface area contributed by atoms with Crippen LogP contribution in [-0.4, -0.2) is 42.7 Å². The molecule has 112 valence electrons. The lowest BCUT2D eigenvalue weighted by Crippen LogP contribution is -2.51. The zero-order valence-electron chi connectivity index (χ0n) is 12.9. The maximum absolute atomic E-state index is 13.8. The minimum absolute atomic E-state index is 0.245. The second-order valence-electron chi connectivity index (χ2n) is 5.82. The summed E-state index contributed by atoms with van der Waals surface area (Å²) in [7, 11) is 2.15. The summed E-state index contributed by atoms with van der Waals surface area (Å²) in [6, 6.07) is 3.86. The van der Waals surface area contributed by atoms with Gasteiger partial charge in [0.2, 0.25) is 0 Å². The fraction of sp³-hybridized carbons (Fsp3) is 0.625. The Bertz CT molecular complexity index is 476. The van der Waals surface area contributed by atoms with Gasteiger partial charge in [-0.15, -0.1) is 0 Å². The molecule has 1 saturated heterocycles. The summed E-state index contributed by atoms with van der Waals surface area (Å²) in [5.41, 5.74) is 2.30. The molecule has 0 saturated carbocycles. The van der Waals surface area contributed by atoms with Crippen molar-refractivity contribution in [1.82, 2.24) is 4.90 Å². The number of rotatable bonds is 3. The first-order valence-corrected chi connectivity index (χ1v) is 7.37. The summed E-state index contributed by atoms with van der Waals surface area (Å²) in [5.74, 6) is -0.245. The monoisotopic (exact) mass is 280 g/mol. The highest BCUT2D eigenvalue weighted by Gasteiger charge is 2.25. The number of anilines is 1. The Morgan fingerprint density at radius 3 is 2.70 bits per heavy atom. The van der Waals surface area contributed by atoms with E-state index >= 15 is 0 Å². The Hall–Kier alpha value is -1.13. The van der Waals surface area contributed by atoms with E-state index in [1.165, 1.54) is 6.07 Å². The highest BCUT2D eigenvalue weighted by Crippen LogP contribution is 2.31. The molecular weight excluding hydrogens is 255 g/mol. The average molecular weight is 280 g/mol. The minimum atomic E-state index is -0.653. The van der Waals surface area contributed by atoms with E-state index in [2.05, 4.69) is 23.8 Å². The number of nitrogens with zero attached hydrogens (tertiary/aromatic N) is 2. The van der Waals surface area contributed by atoms with E-state index < -0.39 is 6.10 Å². The predicted molar refractivity (Wildman–Crippen MR) is 80.7 cm³/mol. The smallest absolute Gasteiger partial charge is 0.126 e. The van der Waals surface area contributed by atoms with Gasteiger partial charge in [0.05, 0.1) is 6.10 Å². The summed E-state index contributed by atoms with van der Waals surface area (Å²) in [6.07, 6.45) is 0.442. The average Bonchev–Trinajstić information content (AvgIpc) is 2.41. The van der Waals surface area contributed by atoms with Crippen molar-refractivity contribution < 1.29 is 9.50 Å². The standard InChI is InChI=1S/C16H25FN2O/c1-5-13-10-19(7-6-18(13)4)16-8-11(2)15(17)9-14(16)12(3)20/h8-9,12-13,20H,5-7,10H2,1-4H3/t12-,13?/m0/s1. The zero-order valence-corrected chi connectivity index (χ0v) is 12.9. The van der Waals surface area contributed by atoms with Crippen molar-refractivity contribution in [2.75, 3.05) is 31.6 Å². The van der Waals surface area contributed by atoms with Gasteiger partial charge in [-0.3, -0.25) is 4.90 Å². The van der Waals surface area contributed by atoms with Crippen molar-refractivity contribution in [2.45, 2.75) is 39.3 Å². The van der Waals surface area contributed by atoms with E-state index in [-0.39, 0.29) is 5.82 Å². The van der Waals surface area contributed by atoms with E-state index in [4.69, 9.17) is 0 Å². The lowest BCUT2D eigenvalue weighted by atomic mass is 10.0. The van der Waals surface area contributed by atoms with E-state index in [9.17, 15) is 9.50 Å². The van der Waals surface area contributed by atoms with Crippen LogP contribution in [0.2, 0.25) is 0 Å². The number of hydrogen-bond donors (Lipinski definition) is 1. The van der Waals surface area contributed by atoms with Gasteiger partial charge in [-0.2, -0.15) is 0 Å². The van der Waals surface area contributed by atoms with Crippen molar-refractivity contribution in [3.05, 3.63) is 29.1 Å². The topological polar surface area (TPSA) is 26.7 Å². The third-order valence-corrected chi connectivity index (χ3v) is 4.35. The summed E-state index contributed by atoms with van der Waals surface area (Å²) in [5, 5.41) is 9.92. The van der Waals surface area contributed by atoms with Crippen LogP contribution < -0.4 is 4.90 Å². The molecule has 2 atom stereocenters. The molecule has 0 spiro atoms. The summed E-state index contributed by atoms with van der Waals surface area (Å²) in [6.45, 7) is 8.50. The van der Waals surface area contributed by atoms with Gasteiger partial charge in [-0.05, 0) is 45.0 Å². The van der Waals surface area contributed by atoms with Gasteiger partial charge in [0.25, 0.3) is 0 Å². The van der Waals surface area contributed by atoms with Gasteiger partial charge in [0.15, 0.2) is 0 Å². The largest absolute Gasteiger partial charge is 0.389 e. The minimum Gasteiger partial charge on any atom is -0.389 e. The number of hydrogen-bond acceptors (Lipinski definition) is 3. The molecule has 3 nitrogen and oxygen atoms in total. The number of benzene rings is 1.